The fourth-order valence-electron chi connectivity index (χ4n) is 5.40. The van der Waals surface area contributed by atoms with Gasteiger partial charge in [0.05, 0.1) is 5.41 Å². The largest absolute Gasteiger partial charge is 0.0873 e. The van der Waals surface area contributed by atoms with Crippen LogP contribution >= 0.6 is 0 Å². The number of rotatable bonds is 2. The van der Waals surface area contributed by atoms with Gasteiger partial charge in [-0.15, -0.1) is 0 Å². The van der Waals surface area contributed by atoms with Crippen LogP contribution in [0.1, 0.15) is 48.6 Å². The van der Waals surface area contributed by atoms with Crippen molar-refractivity contribution in [1.82, 2.24) is 0 Å². The summed E-state index contributed by atoms with van der Waals surface area (Å²) in [5.74, 6) is 0. The Kier molecular flexibility index (Phi) is 3.52. The van der Waals surface area contributed by atoms with E-state index in [2.05, 4.69) is 99.7 Å². The van der Waals surface area contributed by atoms with Crippen LogP contribution in [0.5, 0.6) is 0 Å². The summed E-state index contributed by atoms with van der Waals surface area (Å²) < 4.78 is 0. The zero-order valence-corrected chi connectivity index (χ0v) is 16.2. The highest BCUT2D eigenvalue weighted by molar-refractivity contribution is 5.95. The maximum atomic E-state index is 2.35. The molecule has 1 spiro atoms. The highest BCUT2D eigenvalue weighted by atomic mass is 14.5. The Morgan fingerprint density at radius 3 is 2.11 bits per heavy atom. The molecule has 0 aliphatic heterocycles. The molecule has 2 aliphatic rings. The lowest BCUT2D eigenvalue weighted by molar-refractivity contribution is 0.784. The molecule has 3 aromatic carbocycles. The lowest BCUT2D eigenvalue weighted by Gasteiger charge is -2.31. The van der Waals surface area contributed by atoms with Crippen LogP contribution < -0.4 is 0 Å². The van der Waals surface area contributed by atoms with E-state index < -0.39 is 0 Å². The first kappa shape index (κ1) is 16.3. The van der Waals surface area contributed by atoms with Gasteiger partial charge in [-0.2, -0.15) is 0 Å². The summed E-state index contributed by atoms with van der Waals surface area (Å²) in [6, 6.07) is 24.9. The quantitative estimate of drug-likeness (QED) is 0.471. The molecule has 2 aliphatic carbocycles. The average molecular weight is 348 g/mol. The van der Waals surface area contributed by atoms with Gasteiger partial charge in [-0.3, -0.25) is 0 Å². The van der Waals surface area contributed by atoms with Gasteiger partial charge in [0.25, 0.3) is 0 Å². The fourth-order valence-corrected chi connectivity index (χ4v) is 5.40. The number of hydrogen-bond acceptors (Lipinski definition) is 0. The number of fused-ring (bicyclic) bond motifs is 7. The van der Waals surface area contributed by atoms with Gasteiger partial charge in [0.15, 0.2) is 0 Å². The molecule has 132 valence electrons. The maximum absolute atomic E-state index is 2.35. The van der Waals surface area contributed by atoms with Crippen LogP contribution in [-0.4, -0.2) is 0 Å². The second-order valence-corrected chi connectivity index (χ2v) is 7.57. The van der Waals surface area contributed by atoms with Crippen molar-refractivity contribution in [2.24, 2.45) is 0 Å². The number of benzene rings is 3. The van der Waals surface area contributed by atoms with Crippen molar-refractivity contribution in [1.29, 1.82) is 0 Å². The van der Waals surface area contributed by atoms with E-state index in [1.165, 1.54) is 50.1 Å². The third-order valence-corrected chi connectivity index (χ3v) is 6.41. The zero-order valence-electron chi connectivity index (χ0n) is 16.2. The normalized spacial score (nSPS) is 19.7. The summed E-state index contributed by atoms with van der Waals surface area (Å²) in [6.07, 6.45) is 5.58. The first-order valence-corrected chi connectivity index (χ1v) is 9.91. The molecule has 0 heterocycles. The molecule has 0 aromatic heterocycles. The Morgan fingerprint density at radius 1 is 0.778 bits per heavy atom. The summed E-state index contributed by atoms with van der Waals surface area (Å²) in [4.78, 5) is 0. The monoisotopic (exact) mass is 348 g/mol. The Bertz CT molecular complexity index is 1130. The van der Waals surface area contributed by atoms with Crippen LogP contribution in [0.15, 0.2) is 84.5 Å². The van der Waals surface area contributed by atoms with Crippen molar-refractivity contribution in [2.45, 2.75) is 32.6 Å². The van der Waals surface area contributed by atoms with Gasteiger partial charge in [-0.25, -0.2) is 0 Å². The summed E-state index contributed by atoms with van der Waals surface area (Å²) in [7, 11) is 0. The number of hydrogen-bond donors (Lipinski definition) is 0. The Hall–Kier alpha value is -2.86. The lowest BCUT2D eigenvalue weighted by atomic mass is 9.69. The molecule has 27 heavy (non-hydrogen) atoms. The first-order chi connectivity index (χ1) is 13.2. The van der Waals surface area contributed by atoms with Crippen LogP contribution in [0, 0.1) is 0 Å². The predicted molar refractivity (Wildman–Crippen MR) is 115 cm³/mol. The molecule has 0 bridgehead atoms. The van der Waals surface area contributed by atoms with Crippen molar-refractivity contribution in [2.75, 3.05) is 0 Å². The molecule has 0 saturated heterocycles. The molecule has 0 nitrogen and oxygen atoms in total. The number of aryl methyl sites for hydroxylation is 1. The molecule has 0 fully saturated rings. The zero-order chi connectivity index (χ0) is 18.6. The topological polar surface area (TPSA) is 0 Å². The molecule has 0 amide bonds. The standard InChI is InChI=1S/C27H24/c1-4-11-22-18(3)20-13-6-8-15-23(20)27(22)24-16-9-7-14-21(24)26-19(5-2)12-10-17-25(26)27/h4,6-17H,5H2,1-3H3/b11-4-. The molecule has 0 saturated carbocycles. The smallest absolute Gasteiger partial charge is 0.0722 e. The van der Waals surface area contributed by atoms with Gasteiger partial charge >= 0.3 is 0 Å². The van der Waals surface area contributed by atoms with Crippen LogP contribution in [0.2, 0.25) is 0 Å². The van der Waals surface area contributed by atoms with Crippen molar-refractivity contribution in [3.05, 3.63) is 112 Å². The molecule has 1 atom stereocenters. The van der Waals surface area contributed by atoms with Crippen LogP contribution in [-0.2, 0) is 11.8 Å². The van der Waals surface area contributed by atoms with E-state index in [4.69, 9.17) is 0 Å². The van der Waals surface area contributed by atoms with Crippen LogP contribution in [0.25, 0.3) is 16.7 Å². The molecule has 3 aromatic rings. The predicted octanol–water partition coefficient (Wildman–Crippen LogP) is 6.93. The Labute approximate surface area is 161 Å². The van der Waals surface area contributed by atoms with E-state index in [1.54, 1.807) is 0 Å². The average Bonchev–Trinajstić information content (AvgIpc) is 3.15. The van der Waals surface area contributed by atoms with Crippen molar-refractivity contribution < 1.29 is 0 Å². The fraction of sp³-hybridized carbons (Fsp3) is 0.185. The van der Waals surface area contributed by atoms with Crippen LogP contribution in [0.4, 0.5) is 0 Å². The highest BCUT2D eigenvalue weighted by Crippen LogP contribution is 2.62. The van der Waals surface area contributed by atoms with E-state index in [0.29, 0.717) is 0 Å². The molecular weight excluding hydrogens is 324 g/mol. The maximum Gasteiger partial charge on any atom is 0.0722 e. The van der Waals surface area contributed by atoms with E-state index in [1.807, 2.05) is 0 Å². The van der Waals surface area contributed by atoms with Gasteiger partial charge in [0.1, 0.15) is 0 Å². The molecule has 5 rings (SSSR count). The van der Waals surface area contributed by atoms with E-state index in [-0.39, 0.29) is 5.41 Å². The molecule has 1 unspecified atom stereocenters. The Morgan fingerprint density at radius 2 is 1.41 bits per heavy atom. The summed E-state index contributed by atoms with van der Waals surface area (Å²) in [5, 5.41) is 0. The summed E-state index contributed by atoms with van der Waals surface area (Å²) in [5.41, 5.74) is 12.6. The van der Waals surface area contributed by atoms with Gasteiger partial charge in [-0.05, 0) is 70.4 Å². The summed E-state index contributed by atoms with van der Waals surface area (Å²) >= 11 is 0. The minimum absolute atomic E-state index is 0.190. The van der Waals surface area contributed by atoms with Crippen molar-refractivity contribution in [3.63, 3.8) is 0 Å². The van der Waals surface area contributed by atoms with Crippen molar-refractivity contribution in [3.8, 4) is 11.1 Å². The van der Waals surface area contributed by atoms with E-state index in [9.17, 15) is 0 Å². The van der Waals surface area contributed by atoms with E-state index in [0.717, 1.165) is 6.42 Å². The van der Waals surface area contributed by atoms with Crippen LogP contribution in [0.3, 0.4) is 0 Å². The number of allylic oxidation sites excluding steroid dienone is 4. The van der Waals surface area contributed by atoms with E-state index >= 15 is 0 Å². The second-order valence-electron chi connectivity index (χ2n) is 7.57. The molecule has 0 radical (unpaired) electrons. The third kappa shape index (κ3) is 1.88. The molecular formula is C27H24. The van der Waals surface area contributed by atoms with Gasteiger partial charge < -0.3 is 0 Å². The first-order valence-electron chi connectivity index (χ1n) is 9.91. The van der Waals surface area contributed by atoms with Gasteiger partial charge in [-0.1, -0.05) is 85.8 Å². The molecule has 0 N–H and O–H groups in total. The SMILES string of the molecule is C/C=C\C1=C(C)c2ccccc2C12c1ccccc1-c1c(CC)cccc12. The minimum Gasteiger partial charge on any atom is -0.0873 e. The van der Waals surface area contributed by atoms with Gasteiger partial charge in [0.2, 0.25) is 0 Å². The summed E-state index contributed by atoms with van der Waals surface area (Å²) in [6.45, 7) is 6.67. The second kappa shape index (κ2) is 5.82. The molecule has 0 heteroatoms. The Balaban J connectivity index is 2.02. The highest BCUT2D eigenvalue weighted by Gasteiger charge is 2.51. The third-order valence-electron chi connectivity index (χ3n) is 6.41. The van der Waals surface area contributed by atoms with Crippen molar-refractivity contribution >= 4 is 5.57 Å². The minimum atomic E-state index is -0.190. The lowest BCUT2D eigenvalue weighted by Crippen LogP contribution is -2.26. The van der Waals surface area contributed by atoms with Gasteiger partial charge in [0, 0.05) is 0 Å².